The molecule has 2 atom stereocenters. The highest BCUT2D eigenvalue weighted by Gasteiger charge is 2.34. The molecule has 100 valence electrons. The molecule has 0 radical (unpaired) electrons. The van der Waals surface area contributed by atoms with Gasteiger partial charge in [0.05, 0.1) is 12.0 Å². The van der Waals surface area contributed by atoms with E-state index in [-0.39, 0.29) is 0 Å². The molecule has 1 saturated heterocycles. The van der Waals surface area contributed by atoms with Crippen molar-refractivity contribution in [1.82, 2.24) is 19.9 Å². The first-order valence-corrected chi connectivity index (χ1v) is 7.06. The predicted molar refractivity (Wildman–Crippen MR) is 73.3 cm³/mol. The normalized spacial score (nSPS) is 24.2. The first-order chi connectivity index (χ1) is 9.88. The van der Waals surface area contributed by atoms with E-state index in [2.05, 4.69) is 10.3 Å². The van der Waals surface area contributed by atoms with Gasteiger partial charge >= 0.3 is 0 Å². The Balaban J connectivity index is 1.74. The van der Waals surface area contributed by atoms with Crippen molar-refractivity contribution in [1.29, 1.82) is 0 Å². The van der Waals surface area contributed by atoms with Crippen molar-refractivity contribution in [3.05, 3.63) is 41.9 Å². The minimum atomic E-state index is 0.455. The molecule has 20 heavy (non-hydrogen) atoms. The highest BCUT2D eigenvalue weighted by atomic mass is 16.3. The highest BCUT2D eigenvalue weighted by Crippen LogP contribution is 2.35. The molecule has 0 aromatic carbocycles. The molecule has 2 bridgehead atoms. The fourth-order valence-corrected chi connectivity index (χ4v) is 3.49. The molecule has 3 aromatic rings. The molecule has 0 amide bonds. The van der Waals surface area contributed by atoms with Crippen molar-refractivity contribution in [2.24, 2.45) is 0 Å². The number of nitrogens with zero attached hydrogens (tertiary/aromatic N) is 3. The van der Waals surface area contributed by atoms with Gasteiger partial charge in [-0.3, -0.25) is 0 Å². The largest absolute Gasteiger partial charge is 0.463 e. The van der Waals surface area contributed by atoms with Crippen molar-refractivity contribution in [3.63, 3.8) is 0 Å². The van der Waals surface area contributed by atoms with Crippen LogP contribution in [0.15, 0.2) is 35.1 Å². The molecule has 5 heteroatoms. The van der Waals surface area contributed by atoms with E-state index in [1.807, 2.05) is 28.9 Å². The van der Waals surface area contributed by atoms with Crippen LogP contribution in [0.5, 0.6) is 0 Å². The third kappa shape index (κ3) is 1.35. The Labute approximate surface area is 115 Å². The van der Waals surface area contributed by atoms with E-state index in [1.54, 1.807) is 6.26 Å². The SMILES string of the molecule is c1coc(-c2cc3ncc4c(n3n2)C[C@H]2CC[C@@H]4N2)c1. The molecule has 5 heterocycles. The maximum absolute atomic E-state index is 5.43. The van der Waals surface area contributed by atoms with E-state index in [0.717, 1.165) is 23.5 Å². The van der Waals surface area contributed by atoms with Crippen LogP contribution in [0.4, 0.5) is 0 Å². The number of fused-ring (bicyclic) bond motifs is 6. The van der Waals surface area contributed by atoms with Gasteiger partial charge in [-0.25, -0.2) is 9.50 Å². The van der Waals surface area contributed by atoms with Crippen LogP contribution in [-0.2, 0) is 6.42 Å². The monoisotopic (exact) mass is 266 g/mol. The van der Waals surface area contributed by atoms with Gasteiger partial charge < -0.3 is 9.73 Å². The lowest BCUT2D eigenvalue weighted by molar-refractivity contribution is 0.496. The van der Waals surface area contributed by atoms with Gasteiger partial charge in [0.15, 0.2) is 11.4 Å². The summed E-state index contributed by atoms with van der Waals surface area (Å²) in [5, 5.41) is 8.34. The third-order valence-electron chi connectivity index (χ3n) is 4.44. The van der Waals surface area contributed by atoms with E-state index in [9.17, 15) is 0 Å². The Morgan fingerprint density at radius 3 is 3.25 bits per heavy atom. The van der Waals surface area contributed by atoms with Crippen molar-refractivity contribution in [2.75, 3.05) is 0 Å². The van der Waals surface area contributed by atoms with E-state index in [4.69, 9.17) is 9.52 Å². The smallest absolute Gasteiger partial charge is 0.155 e. The summed E-state index contributed by atoms with van der Waals surface area (Å²) in [6, 6.07) is 6.85. The summed E-state index contributed by atoms with van der Waals surface area (Å²) in [4.78, 5) is 4.56. The average molecular weight is 266 g/mol. The second kappa shape index (κ2) is 3.70. The van der Waals surface area contributed by atoms with Gasteiger partial charge in [-0.1, -0.05) is 0 Å². The quantitative estimate of drug-likeness (QED) is 0.734. The number of aromatic nitrogens is 3. The van der Waals surface area contributed by atoms with Crippen LogP contribution in [-0.4, -0.2) is 20.6 Å². The summed E-state index contributed by atoms with van der Waals surface area (Å²) in [6.07, 6.45) is 7.16. The average Bonchev–Trinajstić information content (AvgIpc) is 3.16. The number of hydrogen-bond donors (Lipinski definition) is 1. The van der Waals surface area contributed by atoms with Crippen LogP contribution in [0.2, 0.25) is 0 Å². The number of nitrogens with one attached hydrogen (secondary N) is 1. The van der Waals surface area contributed by atoms with Gasteiger partial charge in [-0.15, -0.1) is 0 Å². The first kappa shape index (κ1) is 10.6. The molecular weight excluding hydrogens is 252 g/mol. The number of hydrogen-bond acceptors (Lipinski definition) is 4. The maximum Gasteiger partial charge on any atom is 0.155 e. The molecule has 0 saturated carbocycles. The van der Waals surface area contributed by atoms with Crippen molar-refractivity contribution in [3.8, 4) is 11.5 Å². The summed E-state index contributed by atoms with van der Waals surface area (Å²) in [7, 11) is 0. The second-order valence-corrected chi connectivity index (χ2v) is 5.63. The molecule has 0 unspecified atom stereocenters. The Kier molecular flexibility index (Phi) is 1.96. The molecule has 0 aliphatic carbocycles. The molecule has 3 aromatic heterocycles. The molecular formula is C15H14N4O. The molecule has 5 rings (SSSR count). The van der Waals surface area contributed by atoms with E-state index in [1.165, 1.54) is 24.1 Å². The Morgan fingerprint density at radius 2 is 2.35 bits per heavy atom. The van der Waals surface area contributed by atoms with Crippen LogP contribution in [0, 0.1) is 0 Å². The molecule has 2 aliphatic heterocycles. The van der Waals surface area contributed by atoms with Crippen LogP contribution >= 0.6 is 0 Å². The summed E-state index contributed by atoms with van der Waals surface area (Å²) in [6.45, 7) is 0. The topological polar surface area (TPSA) is 55.4 Å². The fourth-order valence-electron chi connectivity index (χ4n) is 3.49. The Morgan fingerprint density at radius 1 is 1.35 bits per heavy atom. The molecule has 1 N–H and O–H groups in total. The van der Waals surface area contributed by atoms with Gasteiger partial charge in [0.1, 0.15) is 5.69 Å². The summed E-state index contributed by atoms with van der Waals surface area (Å²) in [5.41, 5.74) is 4.36. The lowest BCUT2D eigenvalue weighted by Crippen LogP contribution is -2.33. The van der Waals surface area contributed by atoms with Crippen LogP contribution in [0.3, 0.4) is 0 Å². The number of rotatable bonds is 1. The van der Waals surface area contributed by atoms with Crippen molar-refractivity contribution in [2.45, 2.75) is 31.3 Å². The predicted octanol–water partition coefficient (Wildman–Crippen LogP) is 2.34. The van der Waals surface area contributed by atoms with E-state index < -0.39 is 0 Å². The second-order valence-electron chi connectivity index (χ2n) is 5.63. The van der Waals surface area contributed by atoms with Gasteiger partial charge in [-0.2, -0.15) is 5.10 Å². The Hall–Kier alpha value is -2.14. The molecule has 0 spiro atoms. The number of furan rings is 1. The first-order valence-electron chi connectivity index (χ1n) is 7.06. The lowest BCUT2D eigenvalue weighted by Gasteiger charge is -2.24. The summed E-state index contributed by atoms with van der Waals surface area (Å²) >= 11 is 0. The van der Waals surface area contributed by atoms with Crippen molar-refractivity contribution >= 4 is 5.65 Å². The van der Waals surface area contributed by atoms with E-state index >= 15 is 0 Å². The summed E-state index contributed by atoms with van der Waals surface area (Å²) in [5.74, 6) is 0.793. The summed E-state index contributed by atoms with van der Waals surface area (Å²) < 4.78 is 7.43. The van der Waals surface area contributed by atoms with Gasteiger partial charge in [0.25, 0.3) is 0 Å². The zero-order chi connectivity index (χ0) is 13.1. The third-order valence-corrected chi connectivity index (χ3v) is 4.44. The highest BCUT2D eigenvalue weighted by molar-refractivity contribution is 5.59. The van der Waals surface area contributed by atoms with E-state index in [0.29, 0.717) is 12.1 Å². The Bertz CT molecular complexity index is 790. The van der Waals surface area contributed by atoms with Gasteiger partial charge in [0.2, 0.25) is 0 Å². The zero-order valence-corrected chi connectivity index (χ0v) is 10.9. The fraction of sp³-hybridized carbons (Fsp3) is 0.333. The molecule has 5 nitrogen and oxygen atoms in total. The molecule has 1 fully saturated rings. The van der Waals surface area contributed by atoms with Crippen LogP contribution in [0.1, 0.15) is 30.1 Å². The maximum atomic E-state index is 5.43. The van der Waals surface area contributed by atoms with Crippen LogP contribution in [0.25, 0.3) is 17.1 Å². The minimum absolute atomic E-state index is 0.455. The standard InChI is InChI=1S/C15H14N4O/c1-2-14(20-5-1)12-7-15-16-8-10-11-4-3-9(17-11)6-13(10)19(15)18-12/h1-2,5,7-9,11,17H,3-4,6H2/t9-,11+/m1/s1. The van der Waals surface area contributed by atoms with Gasteiger partial charge in [0, 0.05) is 36.3 Å². The van der Waals surface area contributed by atoms with Crippen molar-refractivity contribution < 1.29 is 4.42 Å². The minimum Gasteiger partial charge on any atom is -0.463 e. The van der Waals surface area contributed by atoms with Gasteiger partial charge in [-0.05, 0) is 25.0 Å². The molecule has 2 aliphatic rings. The lowest BCUT2D eigenvalue weighted by atomic mass is 10.0. The van der Waals surface area contributed by atoms with Crippen LogP contribution < -0.4 is 5.32 Å². The zero-order valence-electron chi connectivity index (χ0n) is 10.9.